The minimum absolute atomic E-state index is 0.162. The molecule has 0 saturated heterocycles. The van der Waals surface area contributed by atoms with Gasteiger partial charge in [0.2, 0.25) is 5.91 Å². The van der Waals surface area contributed by atoms with Gasteiger partial charge in [0.05, 0.1) is 0 Å². The number of hydrogen-bond acceptors (Lipinski definition) is 3. The third-order valence-corrected chi connectivity index (χ3v) is 3.60. The Bertz CT molecular complexity index is 271. The Kier molecular flexibility index (Phi) is 6.60. The molecule has 2 N–H and O–H groups in total. The van der Waals surface area contributed by atoms with Crippen LogP contribution >= 0.6 is 11.8 Å². The number of thioether (sulfide) groups is 1. The van der Waals surface area contributed by atoms with Crippen LogP contribution in [0.5, 0.6) is 0 Å². The summed E-state index contributed by atoms with van der Waals surface area (Å²) in [6.45, 7) is 9.79. The number of rotatable bonds is 6. The molecule has 4 nitrogen and oxygen atoms in total. The van der Waals surface area contributed by atoms with E-state index < -0.39 is 12.0 Å². The van der Waals surface area contributed by atoms with E-state index in [1.54, 1.807) is 25.6 Å². The first kappa shape index (κ1) is 16.3. The molecule has 0 unspecified atom stereocenters. The second-order valence-corrected chi connectivity index (χ2v) is 6.66. The standard InChI is InChI=1S/C12H23NO3S/c1-8(2)10(14)13-9(11(15)16)6-17-7-12(3,4)5/h8-9H,6-7H2,1-5H3,(H,13,14)(H,15,16)/t9-/m0/s1. The van der Waals surface area contributed by atoms with Crippen molar-refractivity contribution < 1.29 is 14.7 Å². The highest BCUT2D eigenvalue weighted by molar-refractivity contribution is 7.99. The van der Waals surface area contributed by atoms with Crippen molar-refractivity contribution in [2.75, 3.05) is 11.5 Å². The van der Waals surface area contributed by atoms with Crippen LogP contribution in [0.4, 0.5) is 0 Å². The molecule has 1 amide bonds. The summed E-state index contributed by atoms with van der Waals surface area (Å²) in [6, 6.07) is -0.794. The molecule has 0 bridgehead atoms. The molecule has 0 spiro atoms. The molecule has 100 valence electrons. The fourth-order valence-corrected chi connectivity index (χ4v) is 2.19. The van der Waals surface area contributed by atoms with Crippen LogP contribution in [-0.4, -0.2) is 34.5 Å². The van der Waals surface area contributed by atoms with Crippen molar-refractivity contribution in [1.29, 1.82) is 0 Å². The summed E-state index contributed by atoms with van der Waals surface area (Å²) in [4.78, 5) is 22.4. The maximum Gasteiger partial charge on any atom is 0.327 e. The van der Waals surface area contributed by atoms with Gasteiger partial charge in [-0.1, -0.05) is 34.6 Å². The normalized spacial score (nSPS) is 13.5. The van der Waals surface area contributed by atoms with Gasteiger partial charge in [0.25, 0.3) is 0 Å². The summed E-state index contributed by atoms with van der Waals surface area (Å²) >= 11 is 1.55. The molecule has 0 heterocycles. The van der Waals surface area contributed by atoms with E-state index in [2.05, 4.69) is 26.1 Å². The summed E-state index contributed by atoms with van der Waals surface area (Å²) in [5.74, 6) is -0.0991. The molecule has 5 heteroatoms. The Labute approximate surface area is 108 Å². The molecule has 0 rings (SSSR count). The van der Waals surface area contributed by atoms with Crippen LogP contribution in [-0.2, 0) is 9.59 Å². The lowest BCUT2D eigenvalue weighted by Gasteiger charge is -2.20. The minimum atomic E-state index is -0.972. The molecule has 0 aromatic heterocycles. The van der Waals surface area contributed by atoms with Gasteiger partial charge in [-0.15, -0.1) is 0 Å². The first-order valence-corrected chi connectivity index (χ1v) is 6.90. The van der Waals surface area contributed by atoms with Crippen molar-refractivity contribution in [2.45, 2.75) is 40.7 Å². The fraction of sp³-hybridized carbons (Fsp3) is 0.833. The number of carbonyl (C=O) groups excluding carboxylic acids is 1. The highest BCUT2D eigenvalue weighted by Crippen LogP contribution is 2.20. The number of carbonyl (C=O) groups is 2. The zero-order valence-corrected chi connectivity index (χ0v) is 12.1. The molecule has 0 aliphatic heterocycles. The fourth-order valence-electron chi connectivity index (χ4n) is 0.996. The first-order chi connectivity index (χ1) is 7.63. The monoisotopic (exact) mass is 261 g/mol. The highest BCUT2D eigenvalue weighted by atomic mass is 32.2. The number of carboxylic acids is 1. The molecule has 0 aromatic rings. The van der Waals surface area contributed by atoms with Crippen molar-refractivity contribution in [3.05, 3.63) is 0 Å². The smallest absolute Gasteiger partial charge is 0.327 e. The van der Waals surface area contributed by atoms with Gasteiger partial charge in [-0.25, -0.2) is 4.79 Å². The Morgan fingerprint density at radius 3 is 2.18 bits per heavy atom. The van der Waals surface area contributed by atoms with Gasteiger partial charge in [0, 0.05) is 11.7 Å². The van der Waals surface area contributed by atoms with Gasteiger partial charge in [-0.2, -0.15) is 11.8 Å². The van der Waals surface area contributed by atoms with E-state index in [-0.39, 0.29) is 17.2 Å². The SMILES string of the molecule is CC(C)C(=O)N[C@@H](CSCC(C)(C)C)C(=O)O. The lowest BCUT2D eigenvalue weighted by Crippen LogP contribution is -2.44. The van der Waals surface area contributed by atoms with Gasteiger partial charge < -0.3 is 10.4 Å². The maximum absolute atomic E-state index is 11.4. The zero-order chi connectivity index (χ0) is 13.6. The van der Waals surface area contributed by atoms with E-state index in [1.807, 2.05) is 0 Å². The Balaban J connectivity index is 4.18. The van der Waals surface area contributed by atoms with Gasteiger partial charge >= 0.3 is 5.97 Å². The van der Waals surface area contributed by atoms with E-state index in [0.29, 0.717) is 5.75 Å². The third kappa shape index (κ3) is 8.07. The summed E-state index contributed by atoms with van der Waals surface area (Å²) in [5.41, 5.74) is 0.162. The van der Waals surface area contributed by atoms with E-state index in [4.69, 9.17) is 5.11 Å². The molecule has 0 aromatic carbocycles. The predicted octanol–water partition coefficient (Wildman–Crippen LogP) is 1.99. The van der Waals surface area contributed by atoms with E-state index in [0.717, 1.165) is 5.75 Å². The average Bonchev–Trinajstić information content (AvgIpc) is 2.13. The topological polar surface area (TPSA) is 66.4 Å². The van der Waals surface area contributed by atoms with Gasteiger partial charge in [0.15, 0.2) is 0 Å². The van der Waals surface area contributed by atoms with E-state index >= 15 is 0 Å². The number of hydrogen-bond donors (Lipinski definition) is 2. The molecular weight excluding hydrogens is 238 g/mol. The van der Waals surface area contributed by atoms with Crippen LogP contribution in [0.1, 0.15) is 34.6 Å². The van der Waals surface area contributed by atoms with Crippen LogP contribution in [0.2, 0.25) is 0 Å². The number of amides is 1. The first-order valence-electron chi connectivity index (χ1n) is 5.74. The minimum Gasteiger partial charge on any atom is -0.480 e. The van der Waals surface area contributed by atoms with Gasteiger partial charge in [-0.3, -0.25) is 4.79 Å². The lowest BCUT2D eigenvalue weighted by molar-refractivity contribution is -0.141. The van der Waals surface area contributed by atoms with Gasteiger partial charge in [0.1, 0.15) is 6.04 Å². The average molecular weight is 261 g/mol. The second-order valence-electron chi connectivity index (χ2n) is 5.63. The Morgan fingerprint density at radius 1 is 1.29 bits per heavy atom. The number of aliphatic carboxylic acids is 1. The zero-order valence-electron chi connectivity index (χ0n) is 11.2. The van der Waals surface area contributed by atoms with E-state index in [9.17, 15) is 9.59 Å². The van der Waals surface area contributed by atoms with Crippen LogP contribution in [0.15, 0.2) is 0 Å². The Hall–Kier alpha value is -0.710. The molecule has 0 aliphatic carbocycles. The second kappa shape index (κ2) is 6.89. The number of nitrogens with one attached hydrogen (secondary N) is 1. The summed E-state index contributed by atoms with van der Waals surface area (Å²) < 4.78 is 0. The summed E-state index contributed by atoms with van der Waals surface area (Å²) in [7, 11) is 0. The van der Waals surface area contributed by atoms with Crippen LogP contribution in [0.25, 0.3) is 0 Å². The van der Waals surface area contributed by atoms with E-state index in [1.165, 1.54) is 0 Å². The van der Waals surface area contributed by atoms with Crippen molar-refractivity contribution in [2.24, 2.45) is 11.3 Å². The van der Waals surface area contributed by atoms with Crippen molar-refractivity contribution in [3.63, 3.8) is 0 Å². The quantitative estimate of drug-likeness (QED) is 0.767. The highest BCUT2D eigenvalue weighted by Gasteiger charge is 2.22. The van der Waals surface area contributed by atoms with Crippen LogP contribution in [0.3, 0.4) is 0 Å². The predicted molar refractivity (Wildman–Crippen MR) is 71.2 cm³/mol. The molecule has 0 fully saturated rings. The molecule has 1 atom stereocenters. The van der Waals surface area contributed by atoms with Crippen LogP contribution in [0, 0.1) is 11.3 Å². The maximum atomic E-state index is 11.4. The lowest BCUT2D eigenvalue weighted by atomic mass is 10.0. The largest absolute Gasteiger partial charge is 0.480 e. The molecule has 0 saturated carbocycles. The van der Waals surface area contributed by atoms with Crippen molar-refractivity contribution in [1.82, 2.24) is 5.32 Å². The van der Waals surface area contributed by atoms with Crippen LogP contribution < -0.4 is 5.32 Å². The van der Waals surface area contributed by atoms with Gasteiger partial charge in [-0.05, 0) is 11.2 Å². The molecular formula is C12H23NO3S. The van der Waals surface area contributed by atoms with Crippen molar-refractivity contribution >= 4 is 23.6 Å². The summed E-state index contributed by atoms with van der Waals surface area (Å²) in [5, 5.41) is 11.5. The van der Waals surface area contributed by atoms with Crippen molar-refractivity contribution in [3.8, 4) is 0 Å². The molecule has 0 aliphatic rings. The summed E-state index contributed by atoms with van der Waals surface area (Å²) in [6.07, 6.45) is 0. The number of carboxylic acid groups (broad SMARTS) is 1. The molecule has 17 heavy (non-hydrogen) atoms. The third-order valence-electron chi connectivity index (χ3n) is 1.96. The molecule has 0 radical (unpaired) electrons. The Morgan fingerprint density at radius 2 is 1.82 bits per heavy atom.